The zero-order chi connectivity index (χ0) is 15.0. The maximum Gasteiger partial charge on any atom is 0.315 e. The minimum atomic E-state index is -3.00. The largest absolute Gasteiger partial charge is 0.508 e. The number of urea groups is 1. The lowest BCUT2D eigenvalue weighted by molar-refractivity contribution is 0.234. The zero-order valence-electron chi connectivity index (χ0n) is 11.5. The van der Waals surface area contributed by atoms with Gasteiger partial charge in [0, 0.05) is 6.04 Å². The number of carbonyl (C=O) groups excluding carboxylic acids is 1. The van der Waals surface area contributed by atoms with Crippen molar-refractivity contribution in [1.82, 2.24) is 10.6 Å². The summed E-state index contributed by atoms with van der Waals surface area (Å²) in [5.41, 5.74) is 1.82. The van der Waals surface area contributed by atoms with Gasteiger partial charge in [0.25, 0.3) is 0 Å². The van der Waals surface area contributed by atoms with Crippen molar-refractivity contribution < 1.29 is 18.3 Å². The van der Waals surface area contributed by atoms with Crippen LogP contribution in [0, 0.1) is 0 Å². The van der Waals surface area contributed by atoms with Gasteiger partial charge in [-0.3, -0.25) is 0 Å². The number of nitrogens with one attached hydrogen (secondary N) is 2. The molecule has 21 heavy (non-hydrogen) atoms. The van der Waals surface area contributed by atoms with Crippen LogP contribution < -0.4 is 10.6 Å². The predicted molar refractivity (Wildman–Crippen MR) is 77.9 cm³/mol. The Morgan fingerprint density at radius 3 is 2.76 bits per heavy atom. The van der Waals surface area contributed by atoms with E-state index in [1.165, 1.54) is 0 Å². The molecule has 1 aliphatic heterocycles. The van der Waals surface area contributed by atoms with E-state index < -0.39 is 9.84 Å². The van der Waals surface area contributed by atoms with E-state index in [1.54, 1.807) is 12.1 Å². The van der Waals surface area contributed by atoms with Crippen LogP contribution >= 0.6 is 0 Å². The van der Waals surface area contributed by atoms with Gasteiger partial charge in [-0.05, 0) is 36.5 Å². The molecule has 0 aromatic heterocycles. The number of hydrogen-bond donors (Lipinski definition) is 3. The number of phenolic OH excluding ortho intramolecular Hbond substituents is 1. The molecular weight excluding hydrogens is 292 g/mol. The molecular formula is C14H18N2O4S. The molecule has 2 atom stereocenters. The number of sulfone groups is 1. The number of aromatic hydroxyl groups is 1. The highest BCUT2D eigenvalue weighted by Crippen LogP contribution is 2.36. The fourth-order valence-corrected chi connectivity index (χ4v) is 4.75. The molecule has 1 aromatic carbocycles. The molecule has 1 aromatic rings. The molecule has 3 N–H and O–H groups in total. The number of rotatable bonds is 2. The van der Waals surface area contributed by atoms with Crippen LogP contribution in [0.5, 0.6) is 5.75 Å². The van der Waals surface area contributed by atoms with E-state index in [9.17, 15) is 18.3 Å². The van der Waals surface area contributed by atoms with E-state index in [-0.39, 0.29) is 35.4 Å². The number of hydrogen-bond acceptors (Lipinski definition) is 4. The Labute approximate surface area is 123 Å². The lowest BCUT2D eigenvalue weighted by Gasteiger charge is -2.17. The van der Waals surface area contributed by atoms with Gasteiger partial charge in [-0.1, -0.05) is 12.1 Å². The smallest absolute Gasteiger partial charge is 0.315 e. The normalized spacial score (nSPS) is 26.3. The number of amides is 2. The summed E-state index contributed by atoms with van der Waals surface area (Å²) >= 11 is 0. The van der Waals surface area contributed by atoms with Crippen LogP contribution in [-0.4, -0.2) is 37.1 Å². The van der Waals surface area contributed by atoms with Crippen LogP contribution in [-0.2, 0) is 16.3 Å². The maximum atomic E-state index is 12.0. The fourth-order valence-electron chi connectivity index (χ4n) is 3.08. The number of fused-ring (bicyclic) bond motifs is 1. The second kappa shape index (κ2) is 5.22. The summed E-state index contributed by atoms with van der Waals surface area (Å²) in [4.78, 5) is 12.0. The summed E-state index contributed by atoms with van der Waals surface area (Å²) < 4.78 is 22.7. The molecule has 3 rings (SSSR count). The van der Waals surface area contributed by atoms with Crippen LogP contribution in [0.4, 0.5) is 4.79 Å². The summed E-state index contributed by atoms with van der Waals surface area (Å²) in [5, 5.41) is 15.4. The van der Waals surface area contributed by atoms with Crippen LogP contribution in [0.1, 0.15) is 30.0 Å². The van der Waals surface area contributed by atoms with Crippen LogP contribution in [0.25, 0.3) is 0 Å². The van der Waals surface area contributed by atoms with Crippen molar-refractivity contribution in [3.05, 3.63) is 29.3 Å². The van der Waals surface area contributed by atoms with E-state index in [4.69, 9.17) is 0 Å². The average Bonchev–Trinajstić information content (AvgIpc) is 2.95. The first-order chi connectivity index (χ1) is 9.94. The molecule has 1 fully saturated rings. The Balaban J connectivity index is 1.61. The number of benzene rings is 1. The van der Waals surface area contributed by atoms with Crippen LogP contribution in [0.2, 0.25) is 0 Å². The fraction of sp³-hybridized carbons (Fsp3) is 0.500. The molecule has 0 radical (unpaired) electrons. The van der Waals surface area contributed by atoms with Gasteiger partial charge < -0.3 is 15.7 Å². The summed E-state index contributed by atoms with van der Waals surface area (Å²) in [7, 11) is -3.00. The summed E-state index contributed by atoms with van der Waals surface area (Å²) in [6.07, 6.45) is 1.94. The van der Waals surface area contributed by atoms with Crippen LogP contribution in [0.15, 0.2) is 18.2 Å². The summed E-state index contributed by atoms with van der Waals surface area (Å²) in [5.74, 6) is 0.416. The topological polar surface area (TPSA) is 95.5 Å². The molecule has 1 heterocycles. The van der Waals surface area contributed by atoms with Crippen molar-refractivity contribution in [2.24, 2.45) is 0 Å². The third kappa shape index (κ3) is 2.97. The molecule has 2 aliphatic rings. The Hall–Kier alpha value is -1.76. The minimum Gasteiger partial charge on any atom is -0.508 e. The molecule has 0 bridgehead atoms. The number of phenols is 1. The molecule has 114 valence electrons. The highest BCUT2D eigenvalue weighted by Gasteiger charge is 2.30. The monoisotopic (exact) mass is 310 g/mol. The highest BCUT2D eigenvalue weighted by molar-refractivity contribution is 7.91. The molecule has 1 saturated heterocycles. The Kier molecular flexibility index (Phi) is 3.52. The highest BCUT2D eigenvalue weighted by atomic mass is 32.2. The van der Waals surface area contributed by atoms with Gasteiger partial charge in [0.2, 0.25) is 0 Å². The summed E-state index contributed by atoms with van der Waals surface area (Å²) in [6, 6.07) is 4.51. The first kappa shape index (κ1) is 14.2. The third-order valence-corrected chi connectivity index (χ3v) is 5.89. The second-order valence-corrected chi connectivity index (χ2v) is 7.88. The molecule has 0 saturated carbocycles. The van der Waals surface area contributed by atoms with Crippen molar-refractivity contribution in [2.75, 3.05) is 11.5 Å². The Morgan fingerprint density at radius 2 is 2.05 bits per heavy atom. The molecule has 7 heteroatoms. The van der Waals surface area contributed by atoms with Gasteiger partial charge in [-0.15, -0.1) is 0 Å². The number of carbonyl (C=O) groups is 1. The minimum absolute atomic E-state index is 0.0163. The molecule has 0 spiro atoms. The van der Waals surface area contributed by atoms with Gasteiger partial charge in [-0.25, -0.2) is 13.2 Å². The second-order valence-electron chi connectivity index (χ2n) is 5.65. The Morgan fingerprint density at radius 1 is 1.24 bits per heavy atom. The van der Waals surface area contributed by atoms with Gasteiger partial charge in [-0.2, -0.15) is 0 Å². The lowest BCUT2D eigenvalue weighted by atomic mass is 10.1. The standard InChI is InChI=1S/C14H18N2O4S/c17-13-3-1-2-10-11(13)4-5-12(10)16-14(18)15-9-6-7-21(19,20)8-9/h1-3,9,12,17H,4-8H2,(H2,15,16,18)/t9-,12-/m0/s1. The van der Waals surface area contributed by atoms with Gasteiger partial charge >= 0.3 is 6.03 Å². The third-order valence-electron chi connectivity index (χ3n) is 4.12. The Bertz CT molecular complexity index is 672. The summed E-state index contributed by atoms with van der Waals surface area (Å²) in [6.45, 7) is 0. The molecule has 6 nitrogen and oxygen atoms in total. The van der Waals surface area contributed by atoms with E-state index in [2.05, 4.69) is 10.6 Å². The van der Waals surface area contributed by atoms with Crippen molar-refractivity contribution >= 4 is 15.9 Å². The predicted octanol–water partition coefficient (Wildman–Crippen LogP) is 0.866. The lowest BCUT2D eigenvalue weighted by Crippen LogP contribution is -2.43. The van der Waals surface area contributed by atoms with Crippen molar-refractivity contribution in [2.45, 2.75) is 31.3 Å². The van der Waals surface area contributed by atoms with Crippen molar-refractivity contribution in [1.29, 1.82) is 0 Å². The molecule has 1 aliphatic carbocycles. The van der Waals surface area contributed by atoms with Crippen molar-refractivity contribution in [3.8, 4) is 5.75 Å². The van der Waals surface area contributed by atoms with Gasteiger partial charge in [0.05, 0.1) is 17.5 Å². The maximum absolute atomic E-state index is 12.0. The average molecular weight is 310 g/mol. The van der Waals surface area contributed by atoms with Crippen molar-refractivity contribution in [3.63, 3.8) is 0 Å². The first-order valence-electron chi connectivity index (χ1n) is 7.03. The quantitative estimate of drug-likeness (QED) is 0.755. The SMILES string of the molecule is O=C(N[C@H]1CCS(=O)(=O)C1)N[C@H]1CCc2c(O)cccc21. The first-order valence-corrected chi connectivity index (χ1v) is 8.85. The van der Waals surface area contributed by atoms with E-state index in [0.29, 0.717) is 6.42 Å². The van der Waals surface area contributed by atoms with Crippen LogP contribution in [0.3, 0.4) is 0 Å². The van der Waals surface area contributed by atoms with Gasteiger partial charge in [0.15, 0.2) is 9.84 Å². The molecule has 0 unspecified atom stereocenters. The van der Waals surface area contributed by atoms with E-state index >= 15 is 0 Å². The van der Waals surface area contributed by atoms with E-state index in [0.717, 1.165) is 24.0 Å². The van der Waals surface area contributed by atoms with Gasteiger partial charge in [0.1, 0.15) is 5.75 Å². The van der Waals surface area contributed by atoms with E-state index in [1.807, 2.05) is 6.07 Å². The molecule has 2 amide bonds. The zero-order valence-corrected chi connectivity index (χ0v) is 12.3.